The molecule has 0 aliphatic carbocycles. The molecule has 2 N–H and O–H groups in total. The van der Waals surface area contributed by atoms with Gasteiger partial charge in [0.15, 0.2) is 0 Å². The van der Waals surface area contributed by atoms with Gasteiger partial charge in [0.2, 0.25) is 0 Å². The topological polar surface area (TPSA) is 43.8 Å². The predicted octanol–water partition coefficient (Wildman–Crippen LogP) is 3.64. The smallest absolute Gasteiger partial charge is 0.129 e. The SMILES string of the molecule is Cc1nn(C)c(N)c1-c1ccc(-c2ccccc2)cc1. The Bertz CT molecular complexity index is 725. The minimum Gasteiger partial charge on any atom is -0.383 e. The molecule has 3 heteroatoms. The largest absolute Gasteiger partial charge is 0.383 e. The molecule has 0 amide bonds. The predicted molar refractivity (Wildman–Crippen MR) is 83.2 cm³/mol. The Labute approximate surface area is 118 Å². The number of nitrogen functional groups attached to an aromatic ring is 1. The van der Waals surface area contributed by atoms with Crippen LogP contribution in [0.5, 0.6) is 0 Å². The maximum Gasteiger partial charge on any atom is 0.129 e. The second kappa shape index (κ2) is 4.85. The number of hydrogen-bond acceptors (Lipinski definition) is 2. The molecule has 0 saturated carbocycles. The Hall–Kier alpha value is -2.55. The highest BCUT2D eigenvalue weighted by Gasteiger charge is 2.12. The van der Waals surface area contributed by atoms with Crippen LogP contribution in [-0.2, 0) is 7.05 Å². The van der Waals surface area contributed by atoms with Crippen LogP contribution in [-0.4, -0.2) is 9.78 Å². The van der Waals surface area contributed by atoms with Crippen molar-refractivity contribution in [3.63, 3.8) is 0 Å². The van der Waals surface area contributed by atoms with E-state index < -0.39 is 0 Å². The van der Waals surface area contributed by atoms with Crippen LogP contribution in [0, 0.1) is 6.92 Å². The summed E-state index contributed by atoms with van der Waals surface area (Å²) in [5.41, 5.74) is 11.6. The lowest BCUT2D eigenvalue weighted by molar-refractivity contribution is 0.767. The number of anilines is 1. The zero-order chi connectivity index (χ0) is 14.1. The highest BCUT2D eigenvalue weighted by atomic mass is 15.3. The van der Waals surface area contributed by atoms with Gasteiger partial charge in [0.25, 0.3) is 0 Å². The molecule has 20 heavy (non-hydrogen) atoms. The van der Waals surface area contributed by atoms with Gasteiger partial charge >= 0.3 is 0 Å². The monoisotopic (exact) mass is 263 g/mol. The van der Waals surface area contributed by atoms with Crippen LogP contribution in [0.4, 0.5) is 5.82 Å². The van der Waals surface area contributed by atoms with E-state index in [2.05, 4.69) is 41.5 Å². The standard InChI is InChI=1S/C17H17N3/c1-12-16(17(18)20(2)19-12)15-10-8-14(9-11-15)13-6-4-3-5-7-13/h3-11H,18H2,1-2H3. The quantitative estimate of drug-likeness (QED) is 0.767. The van der Waals surface area contributed by atoms with Crippen molar-refractivity contribution in [3.05, 3.63) is 60.3 Å². The van der Waals surface area contributed by atoms with E-state index in [-0.39, 0.29) is 0 Å². The molecule has 3 aromatic rings. The maximum atomic E-state index is 6.09. The molecule has 0 aliphatic heterocycles. The van der Waals surface area contributed by atoms with Crippen LogP contribution in [0.2, 0.25) is 0 Å². The molecule has 0 aliphatic rings. The molecule has 1 aromatic heterocycles. The van der Waals surface area contributed by atoms with Crippen LogP contribution in [0.3, 0.4) is 0 Å². The Morgan fingerprint density at radius 1 is 0.850 bits per heavy atom. The van der Waals surface area contributed by atoms with E-state index in [0.29, 0.717) is 5.82 Å². The third-order valence-electron chi connectivity index (χ3n) is 3.55. The lowest BCUT2D eigenvalue weighted by Gasteiger charge is -2.05. The van der Waals surface area contributed by atoms with Crippen molar-refractivity contribution in [1.82, 2.24) is 9.78 Å². The lowest BCUT2D eigenvalue weighted by atomic mass is 10.0. The van der Waals surface area contributed by atoms with E-state index in [1.807, 2.05) is 32.2 Å². The fourth-order valence-corrected chi connectivity index (χ4v) is 2.49. The highest BCUT2D eigenvalue weighted by molar-refractivity contribution is 5.78. The summed E-state index contributed by atoms with van der Waals surface area (Å²) in [7, 11) is 1.87. The first-order valence-corrected chi connectivity index (χ1v) is 6.62. The molecule has 0 saturated heterocycles. The van der Waals surface area contributed by atoms with Crippen LogP contribution >= 0.6 is 0 Å². The summed E-state index contributed by atoms with van der Waals surface area (Å²) in [5, 5.41) is 4.36. The number of hydrogen-bond donors (Lipinski definition) is 1. The van der Waals surface area contributed by atoms with Gasteiger partial charge in [0.05, 0.1) is 5.69 Å². The first-order valence-electron chi connectivity index (χ1n) is 6.62. The summed E-state index contributed by atoms with van der Waals surface area (Å²) in [6.07, 6.45) is 0. The zero-order valence-electron chi connectivity index (χ0n) is 11.7. The van der Waals surface area contributed by atoms with E-state index in [1.54, 1.807) is 4.68 Å². The summed E-state index contributed by atoms with van der Waals surface area (Å²) in [6, 6.07) is 18.8. The molecule has 1 heterocycles. The Morgan fingerprint density at radius 2 is 1.40 bits per heavy atom. The van der Waals surface area contributed by atoms with E-state index in [1.165, 1.54) is 11.1 Å². The normalized spacial score (nSPS) is 10.7. The van der Waals surface area contributed by atoms with Gasteiger partial charge in [-0.25, -0.2) is 0 Å². The fourth-order valence-electron chi connectivity index (χ4n) is 2.49. The molecule has 0 bridgehead atoms. The van der Waals surface area contributed by atoms with Crippen molar-refractivity contribution in [1.29, 1.82) is 0 Å². The van der Waals surface area contributed by atoms with Gasteiger partial charge in [-0.05, 0) is 23.6 Å². The number of aryl methyl sites for hydroxylation is 2. The van der Waals surface area contributed by atoms with Crippen molar-refractivity contribution in [2.75, 3.05) is 5.73 Å². The van der Waals surface area contributed by atoms with E-state index in [0.717, 1.165) is 16.8 Å². The summed E-state index contributed by atoms with van der Waals surface area (Å²) in [6.45, 7) is 1.98. The van der Waals surface area contributed by atoms with Crippen molar-refractivity contribution in [2.24, 2.45) is 7.05 Å². The Balaban J connectivity index is 2.02. The summed E-state index contributed by atoms with van der Waals surface area (Å²) >= 11 is 0. The van der Waals surface area contributed by atoms with Crippen LogP contribution in [0.15, 0.2) is 54.6 Å². The van der Waals surface area contributed by atoms with Crippen molar-refractivity contribution in [2.45, 2.75) is 6.92 Å². The second-order valence-corrected chi connectivity index (χ2v) is 4.91. The lowest BCUT2D eigenvalue weighted by Crippen LogP contribution is -1.97. The molecule has 3 rings (SSSR count). The third kappa shape index (κ3) is 2.07. The van der Waals surface area contributed by atoms with Gasteiger partial charge in [-0.1, -0.05) is 54.6 Å². The first kappa shape index (κ1) is 12.5. The third-order valence-corrected chi connectivity index (χ3v) is 3.55. The number of nitrogens with two attached hydrogens (primary N) is 1. The summed E-state index contributed by atoms with van der Waals surface area (Å²) in [4.78, 5) is 0. The molecule has 0 spiro atoms. The maximum absolute atomic E-state index is 6.09. The Morgan fingerprint density at radius 3 is 1.95 bits per heavy atom. The summed E-state index contributed by atoms with van der Waals surface area (Å²) in [5.74, 6) is 0.704. The molecule has 3 nitrogen and oxygen atoms in total. The van der Waals surface area contributed by atoms with Crippen LogP contribution < -0.4 is 5.73 Å². The average Bonchev–Trinajstić information content (AvgIpc) is 2.73. The van der Waals surface area contributed by atoms with Gasteiger partial charge < -0.3 is 5.73 Å². The van der Waals surface area contributed by atoms with Crippen LogP contribution in [0.25, 0.3) is 22.3 Å². The fraction of sp³-hybridized carbons (Fsp3) is 0.118. The molecule has 0 fully saturated rings. The Kier molecular flexibility index (Phi) is 3.03. The molecule has 0 atom stereocenters. The van der Waals surface area contributed by atoms with Crippen molar-refractivity contribution < 1.29 is 0 Å². The van der Waals surface area contributed by atoms with Gasteiger partial charge in [-0.15, -0.1) is 0 Å². The second-order valence-electron chi connectivity index (χ2n) is 4.91. The molecular weight excluding hydrogens is 246 g/mol. The van der Waals surface area contributed by atoms with E-state index in [9.17, 15) is 0 Å². The van der Waals surface area contributed by atoms with E-state index in [4.69, 9.17) is 5.73 Å². The number of rotatable bonds is 2. The number of aromatic nitrogens is 2. The van der Waals surface area contributed by atoms with Gasteiger partial charge in [-0.2, -0.15) is 5.10 Å². The first-order chi connectivity index (χ1) is 9.66. The van der Waals surface area contributed by atoms with Crippen molar-refractivity contribution >= 4 is 5.82 Å². The molecule has 0 unspecified atom stereocenters. The number of benzene rings is 2. The van der Waals surface area contributed by atoms with Crippen LogP contribution in [0.1, 0.15) is 5.69 Å². The van der Waals surface area contributed by atoms with Crippen molar-refractivity contribution in [3.8, 4) is 22.3 Å². The molecule has 0 radical (unpaired) electrons. The van der Waals surface area contributed by atoms with Gasteiger partial charge in [-0.3, -0.25) is 4.68 Å². The molecule has 100 valence electrons. The van der Waals surface area contributed by atoms with Gasteiger partial charge in [0, 0.05) is 12.6 Å². The molecule has 2 aromatic carbocycles. The number of nitrogens with zero attached hydrogens (tertiary/aromatic N) is 2. The summed E-state index contributed by atoms with van der Waals surface area (Å²) < 4.78 is 1.72. The van der Waals surface area contributed by atoms with Gasteiger partial charge in [0.1, 0.15) is 5.82 Å². The average molecular weight is 263 g/mol. The minimum atomic E-state index is 0.704. The zero-order valence-corrected chi connectivity index (χ0v) is 11.7. The van der Waals surface area contributed by atoms with E-state index >= 15 is 0 Å². The highest BCUT2D eigenvalue weighted by Crippen LogP contribution is 2.30. The molecular formula is C17H17N3. The minimum absolute atomic E-state index is 0.704.